The van der Waals surface area contributed by atoms with Gasteiger partial charge in [-0.25, -0.2) is 0 Å². The van der Waals surface area contributed by atoms with Crippen molar-refractivity contribution in [2.45, 2.75) is 46.5 Å². The van der Waals surface area contributed by atoms with Crippen LogP contribution in [0, 0.1) is 5.41 Å². The van der Waals surface area contributed by atoms with Gasteiger partial charge < -0.3 is 14.8 Å². The topological polar surface area (TPSA) is 30.5 Å². The highest BCUT2D eigenvalue weighted by atomic mass is 16.5. The molecule has 0 radical (unpaired) electrons. The number of ether oxygens (including phenoxy) is 2. The van der Waals surface area contributed by atoms with E-state index in [0.717, 1.165) is 37.6 Å². The van der Waals surface area contributed by atoms with E-state index in [9.17, 15) is 0 Å². The van der Waals surface area contributed by atoms with Crippen LogP contribution in [0.3, 0.4) is 0 Å². The molecule has 3 nitrogen and oxygen atoms in total. The number of nitrogens with one attached hydrogen (secondary N) is 1. The van der Waals surface area contributed by atoms with Gasteiger partial charge in [0.1, 0.15) is 0 Å². The average Bonchev–Trinajstić information content (AvgIpc) is 2.48. The lowest BCUT2D eigenvalue weighted by Gasteiger charge is -2.30. The molecular formula is C18H31NO2. The summed E-state index contributed by atoms with van der Waals surface area (Å²) in [6.45, 7) is 9.68. The van der Waals surface area contributed by atoms with Gasteiger partial charge in [0.15, 0.2) is 11.5 Å². The van der Waals surface area contributed by atoms with E-state index in [1.54, 1.807) is 7.11 Å². The Hall–Kier alpha value is -1.22. The molecule has 0 saturated heterocycles. The Bertz CT molecular complexity index is 395. The van der Waals surface area contributed by atoms with Crippen LogP contribution in [0.2, 0.25) is 0 Å². The van der Waals surface area contributed by atoms with Crippen LogP contribution in [0.4, 0.5) is 0 Å². The molecule has 3 heteroatoms. The van der Waals surface area contributed by atoms with Gasteiger partial charge in [-0.1, -0.05) is 39.3 Å². The molecule has 1 aromatic carbocycles. The summed E-state index contributed by atoms with van der Waals surface area (Å²) < 4.78 is 11.2. The zero-order chi connectivity index (χ0) is 15.6. The summed E-state index contributed by atoms with van der Waals surface area (Å²) in [5.41, 5.74) is 0.298. The third-order valence-electron chi connectivity index (χ3n) is 3.86. The van der Waals surface area contributed by atoms with Gasteiger partial charge in [-0.3, -0.25) is 0 Å². The first-order valence-corrected chi connectivity index (χ1v) is 8.11. The zero-order valence-electron chi connectivity index (χ0n) is 14.1. The Morgan fingerprint density at radius 1 is 1.05 bits per heavy atom. The summed E-state index contributed by atoms with van der Waals surface area (Å²) in [6.07, 6.45) is 4.66. The Morgan fingerprint density at radius 2 is 1.76 bits per heavy atom. The maximum Gasteiger partial charge on any atom is 0.161 e. The smallest absolute Gasteiger partial charge is 0.161 e. The van der Waals surface area contributed by atoms with Crippen molar-refractivity contribution >= 4 is 0 Å². The predicted octanol–water partition coefficient (Wildman–Crippen LogP) is 4.27. The molecule has 1 aromatic rings. The first-order chi connectivity index (χ1) is 10.1. The third-order valence-corrected chi connectivity index (χ3v) is 3.86. The van der Waals surface area contributed by atoms with Crippen molar-refractivity contribution in [2.24, 2.45) is 5.41 Å². The molecule has 0 aliphatic rings. The van der Waals surface area contributed by atoms with Gasteiger partial charge in [0.25, 0.3) is 0 Å². The van der Waals surface area contributed by atoms with E-state index in [2.05, 4.69) is 26.1 Å². The summed E-state index contributed by atoms with van der Waals surface area (Å²) in [6, 6.07) is 7.84. The number of hydrogen-bond donors (Lipinski definition) is 1. The molecule has 0 heterocycles. The largest absolute Gasteiger partial charge is 0.493 e. The quantitative estimate of drug-likeness (QED) is 0.618. The normalized spacial score (nSPS) is 13.7. The lowest BCUT2D eigenvalue weighted by atomic mass is 9.82. The number of rotatable bonds is 11. The Kier molecular flexibility index (Phi) is 8.21. The molecule has 0 saturated carbocycles. The molecule has 1 N–H and O–H groups in total. The van der Waals surface area contributed by atoms with Gasteiger partial charge in [0.05, 0.1) is 13.7 Å². The van der Waals surface area contributed by atoms with E-state index in [1.165, 1.54) is 19.3 Å². The van der Waals surface area contributed by atoms with Gasteiger partial charge in [-0.2, -0.15) is 0 Å². The SMILES string of the molecule is CCCNCC(C)(CCC)CCOc1ccccc1OC. The predicted molar refractivity (Wildman–Crippen MR) is 89.3 cm³/mol. The molecule has 0 aliphatic carbocycles. The number of benzene rings is 1. The molecule has 0 bridgehead atoms. The highest BCUT2D eigenvalue weighted by molar-refractivity contribution is 5.39. The molecule has 0 fully saturated rings. The molecule has 0 aliphatic heterocycles. The van der Waals surface area contributed by atoms with Crippen LogP contribution in [0.5, 0.6) is 11.5 Å². The van der Waals surface area contributed by atoms with Crippen molar-refractivity contribution in [3.05, 3.63) is 24.3 Å². The lowest BCUT2D eigenvalue weighted by Crippen LogP contribution is -2.33. The molecular weight excluding hydrogens is 262 g/mol. The van der Waals surface area contributed by atoms with Gasteiger partial charge in [-0.15, -0.1) is 0 Å². The van der Waals surface area contributed by atoms with Crippen LogP contribution in [0.25, 0.3) is 0 Å². The molecule has 120 valence electrons. The monoisotopic (exact) mass is 293 g/mol. The average molecular weight is 293 g/mol. The van der Waals surface area contributed by atoms with E-state index in [4.69, 9.17) is 9.47 Å². The molecule has 0 aromatic heterocycles. The van der Waals surface area contributed by atoms with E-state index in [0.29, 0.717) is 5.41 Å². The van der Waals surface area contributed by atoms with Crippen molar-refractivity contribution in [3.63, 3.8) is 0 Å². The number of para-hydroxylation sites is 2. The fourth-order valence-corrected chi connectivity index (χ4v) is 2.62. The molecule has 21 heavy (non-hydrogen) atoms. The molecule has 1 atom stereocenters. The fourth-order valence-electron chi connectivity index (χ4n) is 2.62. The molecule has 1 unspecified atom stereocenters. The van der Waals surface area contributed by atoms with Crippen molar-refractivity contribution < 1.29 is 9.47 Å². The summed E-state index contributed by atoms with van der Waals surface area (Å²) in [5, 5.41) is 3.55. The van der Waals surface area contributed by atoms with Crippen LogP contribution in [-0.4, -0.2) is 26.8 Å². The van der Waals surface area contributed by atoms with Crippen molar-refractivity contribution in [2.75, 3.05) is 26.8 Å². The highest BCUT2D eigenvalue weighted by Crippen LogP contribution is 2.30. The summed E-state index contributed by atoms with van der Waals surface area (Å²) >= 11 is 0. The zero-order valence-corrected chi connectivity index (χ0v) is 14.1. The summed E-state index contributed by atoms with van der Waals surface area (Å²) in [7, 11) is 1.68. The van der Waals surface area contributed by atoms with Crippen molar-refractivity contribution in [1.82, 2.24) is 5.32 Å². The minimum atomic E-state index is 0.298. The number of methoxy groups -OCH3 is 1. The number of hydrogen-bond acceptors (Lipinski definition) is 3. The van der Waals surface area contributed by atoms with Gasteiger partial charge in [0, 0.05) is 6.54 Å². The second kappa shape index (κ2) is 9.67. The first kappa shape index (κ1) is 17.8. The Labute approximate surface area is 130 Å². The second-order valence-corrected chi connectivity index (χ2v) is 5.99. The molecule has 1 rings (SSSR count). The van der Waals surface area contributed by atoms with Gasteiger partial charge in [-0.05, 0) is 43.4 Å². The van der Waals surface area contributed by atoms with E-state index in [-0.39, 0.29) is 0 Å². The highest BCUT2D eigenvalue weighted by Gasteiger charge is 2.23. The minimum Gasteiger partial charge on any atom is -0.493 e. The van der Waals surface area contributed by atoms with Crippen LogP contribution >= 0.6 is 0 Å². The minimum absolute atomic E-state index is 0.298. The van der Waals surface area contributed by atoms with Crippen LogP contribution < -0.4 is 14.8 Å². The van der Waals surface area contributed by atoms with Crippen LogP contribution in [0.15, 0.2) is 24.3 Å². The maximum absolute atomic E-state index is 5.92. The third kappa shape index (κ3) is 6.38. The maximum atomic E-state index is 5.92. The molecule has 0 amide bonds. The van der Waals surface area contributed by atoms with Gasteiger partial charge >= 0.3 is 0 Å². The van der Waals surface area contributed by atoms with E-state index < -0.39 is 0 Å². The standard InChI is InChI=1S/C18H31NO2/c1-5-11-18(3,15-19-13-6-2)12-14-21-17-10-8-7-9-16(17)20-4/h7-10,19H,5-6,11-15H2,1-4H3. The van der Waals surface area contributed by atoms with E-state index >= 15 is 0 Å². The Balaban J connectivity index is 2.49. The molecule has 0 spiro atoms. The first-order valence-electron chi connectivity index (χ1n) is 8.11. The van der Waals surface area contributed by atoms with Crippen molar-refractivity contribution in [3.8, 4) is 11.5 Å². The van der Waals surface area contributed by atoms with Crippen molar-refractivity contribution in [1.29, 1.82) is 0 Å². The summed E-state index contributed by atoms with van der Waals surface area (Å²) in [4.78, 5) is 0. The van der Waals surface area contributed by atoms with Gasteiger partial charge in [0.2, 0.25) is 0 Å². The fraction of sp³-hybridized carbons (Fsp3) is 0.667. The summed E-state index contributed by atoms with van der Waals surface area (Å²) in [5.74, 6) is 1.64. The van der Waals surface area contributed by atoms with Crippen LogP contribution in [0.1, 0.15) is 46.5 Å². The lowest BCUT2D eigenvalue weighted by molar-refractivity contribution is 0.189. The second-order valence-electron chi connectivity index (χ2n) is 5.99. The van der Waals surface area contributed by atoms with E-state index in [1.807, 2.05) is 24.3 Å². The Morgan fingerprint density at radius 3 is 2.38 bits per heavy atom. The van der Waals surface area contributed by atoms with Crippen LogP contribution in [-0.2, 0) is 0 Å².